The summed E-state index contributed by atoms with van der Waals surface area (Å²) in [4.78, 5) is 0. The fraction of sp³-hybridized carbons (Fsp3) is 0.231. The molecule has 0 amide bonds. The number of nitrogens with one attached hydrogen (secondary N) is 1. The van der Waals surface area contributed by atoms with Gasteiger partial charge >= 0.3 is 0 Å². The number of rotatable bonds is 4. The zero-order valence-corrected chi connectivity index (χ0v) is 16.0. The molecule has 1 aliphatic heterocycles. The van der Waals surface area contributed by atoms with Gasteiger partial charge in [-0.3, -0.25) is 0 Å². The van der Waals surface area contributed by atoms with Crippen LogP contribution >= 0.6 is 0 Å². The quantitative estimate of drug-likeness (QED) is 0.503. The van der Waals surface area contributed by atoms with Crippen molar-refractivity contribution in [3.63, 3.8) is 0 Å². The Bertz CT molecular complexity index is 1100. The molecule has 4 aromatic rings. The maximum absolute atomic E-state index is 6.47. The molecule has 0 aromatic heterocycles. The van der Waals surface area contributed by atoms with Gasteiger partial charge in [0.05, 0.1) is 12.7 Å². The van der Waals surface area contributed by atoms with Gasteiger partial charge in [-0.2, -0.15) is 0 Å². The third-order valence-corrected chi connectivity index (χ3v) is 5.93. The predicted molar refractivity (Wildman–Crippen MR) is 117 cm³/mol. The van der Waals surface area contributed by atoms with Crippen molar-refractivity contribution in [3.05, 3.63) is 96.1 Å². The van der Waals surface area contributed by atoms with Gasteiger partial charge in [-0.1, -0.05) is 78.9 Å². The SMILES string of the molecule is c1ccc2cc(CO[C@H]3CNCC[C@@H]3c3cccc4ccccc34)ccc2c1. The van der Waals surface area contributed by atoms with Crippen LogP contribution in [0.15, 0.2) is 84.9 Å². The van der Waals surface area contributed by atoms with Crippen molar-refractivity contribution in [1.29, 1.82) is 0 Å². The van der Waals surface area contributed by atoms with E-state index < -0.39 is 0 Å². The normalized spacial score (nSPS) is 19.9. The zero-order chi connectivity index (χ0) is 18.8. The first kappa shape index (κ1) is 17.4. The molecule has 0 bridgehead atoms. The van der Waals surface area contributed by atoms with Crippen LogP contribution in [0.5, 0.6) is 0 Å². The molecule has 1 aliphatic rings. The minimum absolute atomic E-state index is 0.186. The van der Waals surface area contributed by atoms with Crippen LogP contribution in [-0.4, -0.2) is 19.2 Å². The number of piperidine rings is 1. The van der Waals surface area contributed by atoms with E-state index in [4.69, 9.17) is 4.74 Å². The second-order valence-electron chi connectivity index (χ2n) is 7.70. The van der Waals surface area contributed by atoms with Crippen molar-refractivity contribution >= 4 is 21.5 Å². The van der Waals surface area contributed by atoms with Crippen LogP contribution in [0.1, 0.15) is 23.5 Å². The van der Waals surface area contributed by atoms with Gasteiger partial charge in [0.25, 0.3) is 0 Å². The lowest BCUT2D eigenvalue weighted by Gasteiger charge is -2.33. The van der Waals surface area contributed by atoms with Gasteiger partial charge in [0.1, 0.15) is 0 Å². The van der Waals surface area contributed by atoms with Crippen molar-refractivity contribution in [2.24, 2.45) is 0 Å². The highest BCUT2D eigenvalue weighted by molar-refractivity contribution is 5.86. The molecule has 2 atom stereocenters. The molecule has 5 rings (SSSR count). The van der Waals surface area contributed by atoms with Gasteiger partial charge in [-0.25, -0.2) is 0 Å². The van der Waals surface area contributed by atoms with E-state index in [-0.39, 0.29) is 6.10 Å². The number of fused-ring (bicyclic) bond motifs is 2. The first-order valence-electron chi connectivity index (χ1n) is 10.2. The molecule has 28 heavy (non-hydrogen) atoms. The Morgan fingerprint density at radius 1 is 0.786 bits per heavy atom. The fourth-order valence-corrected chi connectivity index (χ4v) is 4.47. The Morgan fingerprint density at radius 2 is 1.57 bits per heavy atom. The van der Waals surface area contributed by atoms with Crippen LogP contribution in [0.25, 0.3) is 21.5 Å². The summed E-state index contributed by atoms with van der Waals surface area (Å²) in [7, 11) is 0. The monoisotopic (exact) mass is 367 g/mol. The lowest BCUT2D eigenvalue weighted by Crippen LogP contribution is -2.41. The molecule has 0 aliphatic carbocycles. The average molecular weight is 367 g/mol. The van der Waals surface area contributed by atoms with Crippen LogP contribution < -0.4 is 5.32 Å². The van der Waals surface area contributed by atoms with E-state index in [0.717, 1.165) is 19.5 Å². The standard InChI is InChI=1S/C26H25NO/c1-2-8-22-16-19(12-13-20(22)6-1)18-28-26-17-27-15-14-25(26)24-11-5-9-21-7-3-4-10-23(21)24/h1-13,16,25-27H,14-15,17-18H2/t25-,26+/m1/s1. The van der Waals surface area contributed by atoms with Gasteiger partial charge in [0, 0.05) is 12.5 Å². The largest absolute Gasteiger partial charge is 0.372 e. The van der Waals surface area contributed by atoms with Gasteiger partial charge in [-0.05, 0) is 51.7 Å². The molecule has 0 radical (unpaired) electrons. The summed E-state index contributed by atoms with van der Waals surface area (Å²) in [6.07, 6.45) is 1.29. The van der Waals surface area contributed by atoms with Crippen molar-refractivity contribution < 1.29 is 4.74 Å². The molecule has 1 saturated heterocycles. The van der Waals surface area contributed by atoms with Crippen molar-refractivity contribution in [1.82, 2.24) is 5.32 Å². The fourth-order valence-electron chi connectivity index (χ4n) is 4.47. The van der Waals surface area contributed by atoms with Crippen molar-refractivity contribution in [2.75, 3.05) is 13.1 Å². The molecular weight excluding hydrogens is 342 g/mol. The molecule has 0 spiro atoms. The minimum atomic E-state index is 0.186. The summed E-state index contributed by atoms with van der Waals surface area (Å²) in [5.74, 6) is 0.424. The molecule has 2 heteroatoms. The summed E-state index contributed by atoms with van der Waals surface area (Å²) in [6.45, 7) is 2.60. The number of ether oxygens (including phenoxy) is 1. The first-order valence-corrected chi connectivity index (χ1v) is 10.2. The van der Waals surface area contributed by atoms with E-state index in [2.05, 4.69) is 90.2 Å². The second-order valence-corrected chi connectivity index (χ2v) is 7.70. The molecule has 2 nitrogen and oxygen atoms in total. The summed E-state index contributed by atoms with van der Waals surface area (Å²) < 4.78 is 6.47. The van der Waals surface area contributed by atoms with E-state index in [1.807, 2.05) is 0 Å². The van der Waals surface area contributed by atoms with E-state index >= 15 is 0 Å². The maximum Gasteiger partial charge on any atom is 0.0773 e. The highest BCUT2D eigenvalue weighted by atomic mass is 16.5. The van der Waals surface area contributed by atoms with Crippen LogP contribution in [0, 0.1) is 0 Å². The highest BCUT2D eigenvalue weighted by Gasteiger charge is 2.28. The summed E-state index contributed by atoms with van der Waals surface area (Å²) in [5.41, 5.74) is 2.66. The Kier molecular flexibility index (Phi) is 4.82. The molecule has 0 unspecified atom stereocenters. The summed E-state index contributed by atoms with van der Waals surface area (Å²) in [6, 6.07) is 30.5. The molecule has 1 N–H and O–H groups in total. The Morgan fingerprint density at radius 3 is 2.50 bits per heavy atom. The Balaban J connectivity index is 1.39. The molecule has 1 fully saturated rings. The Labute approximate surface area is 166 Å². The lowest BCUT2D eigenvalue weighted by molar-refractivity contribution is 0.0110. The van der Waals surface area contributed by atoms with Crippen LogP contribution in [0.4, 0.5) is 0 Å². The average Bonchev–Trinajstić information content (AvgIpc) is 2.77. The second kappa shape index (κ2) is 7.75. The zero-order valence-electron chi connectivity index (χ0n) is 16.0. The third-order valence-electron chi connectivity index (χ3n) is 5.93. The van der Waals surface area contributed by atoms with Gasteiger partial charge < -0.3 is 10.1 Å². The van der Waals surface area contributed by atoms with Crippen molar-refractivity contribution in [3.8, 4) is 0 Å². The van der Waals surface area contributed by atoms with E-state index in [1.54, 1.807) is 0 Å². The number of hydrogen-bond acceptors (Lipinski definition) is 2. The van der Waals surface area contributed by atoms with Crippen LogP contribution in [-0.2, 0) is 11.3 Å². The van der Waals surface area contributed by atoms with Crippen LogP contribution in [0.2, 0.25) is 0 Å². The van der Waals surface area contributed by atoms with Crippen LogP contribution in [0.3, 0.4) is 0 Å². The van der Waals surface area contributed by atoms with E-state index in [9.17, 15) is 0 Å². The topological polar surface area (TPSA) is 21.3 Å². The van der Waals surface area contributed by atoms with E-state index in [1.165, 1.54) is 32.7 Å². The molecule has 140 valence electrons. The van der Waals surface area contributed by atoms with Gasteiger partial charge in [0.15, 0.2) is 0 Å². The maximum atomic E-state index is 6.47. The summed E-state index contributed by atoms with van der Waals surface area (Å²) >= 11 is 0. The van der Waals surface area contributed by atoms with Gasteiger partial charge in [-0.15, -0.1) is 0 Å². The lowest BCUT2D eigenvalue weighted by atomic mass is 9.85. The van der Waals surface area contributed by atoms with E-state index in [0.29, 0.717) is 12.5 Å². The minimum Gasteiger partial charge on any atom is -0.372 e. The molecule has 4 aromatic carbocycles. The number of benzene rings is 4. The summed E-state index contributed by atoms with van der Waals surface area (Å²) in [5, 5.41) is 8.74. The highest BCUT2D eigenvalue weighted by Crippen LogP contribution is 2.33. The number of hydrogen-bond donors (Lipinski definition) is 1. The third kappa shape index (κ3) is 3.42. The smallest absolute Gasteiger partial charge is 0.0773 e. The molecular formula is C26H25NO. The predicted octanol–water partition coefficient (Wildman–Crippen LogP) is 5.66. The first-order chi connectivity index (χ1) is 13.9. The van der Waals surface area contributed by atoms with Crippen molar-refractivity contribution in [2.45, 2.75) is 25.0 Å². The molecule has 1 heterocycles. The molecule has 0 saturated carbocycles. The van der Waals surface area contributed by atoms with Gasteiger partial charge in [0.2, 0.25) is 0 Å². The Hall–Kier alpha value is -2.68.